The van der Waals surface area contributed by atoms with Crippen molar-refractivity contribution in [3.05, 3.63) is 194 Å². The first kappa shape index (κ1) is 79.5. The van der Waals surface area contributed by atoms with Crippen LogP contribution in [0.15, 0.2) is 194 Å². The van der Waals surface area contributed by atoms with Crippen LogP contribution >= 0.6 is 111 Å². The summed E-state index contributed by atoms with van der Waals surface area (Å²) in [5.41, 5.74) is 1.61. The molecule has 1 atom stereocenters. The number of hydrogen-bond donors (Lipinski definition) is 0. The van der Waals surface area contributed by atoms with Crippen LogP contribution in [0.25, 0.3) is 0 Å². The molecule has 0 aliphatic carbocycles. The van der Waals surface area contributed by atoms with Crippen LogP contribution < -0.4 is 31.1 Å². The molecule has 7 rings (SSSR count). The van der Waals surface area contributed by atoms with Crippen molar-refractivity contribution >= 4 is 200 Å². The summed E-state index contributed by atoms with van der Waals surface area (Å²) in [5.74, 6) is 0. The predicted molar refractivity (Wildman–Crippen MR) is 382 cm³/mol. The summed E-state index contributed by atoms with van der Waals surface area (Å²) in [5, 5.41) is 7.09. The predicted octanol–water partition coefficient (Wildman–Crippen LogP) is 16.8. The molecule has 444 valence electrons. The molecule has 80 heavy (non-hydrogen) atoms. The zero-order valence-corrected chi connectivity index (χ0v) is 64.4. The molecule has 1 saturated heterocycles. The average Bonchev–Trinajstić information content (AvgIpc) is 4.26. The molecule has 1 fully saturated rings. The molecule has 23 heteroatoms. The van der Waals surface area contributed by atoms with Gasteiger partial charge in [0, 0.05) is 27.9 Å². The maximum atomic E-state index is 6.49. The molecule has 0 spiro atoms. The Morgan fingerprint density at radius 3 is 0.938 bits per heavy atom. The van der Waals surface area contributed by atoms with Crippen molar-refractivity contribution in [2.24, 2.45) is 0 Å². The van der Waals surface area contributed by atoms with Crippen molar-refractivity contribution in [2.75, 3.05) is 41.2 Å². The molecule has 0 radical (unpaired) electrons. The van der Waals surface area contributed by atoms with Gasteiger partial charge in [-0.2, -0.15) is 0 Å². The fraction of sp³-hybridized carbons (Fsp3) is 0.333. The Balaban J connectivity index is 0.000000918. The van der Waals surface area contributed by atoms with E-state index in [4.69, 9.17) is 134 Å². The Labute approximate surface area is 537 Å². The number of halogens is 10. The fourth-order valence-electron chi connectivity index (χ4n) is 5.69. The van der Waals surface area contributed by atoms with Gasteiger partial charge in [-0.3, -0.25) is 0 Å². The number of hydrogen-bond acceptors (Lipinski definition) is 5. The molecule has 6 aromatic rings. The minimum absolute atomic E-state index is 0.341. The smallest absolute Gasteiger partial charge is 0.310 e. The monoisotopic (exact) mass is 1420 g/mol. The summed E-state index contributed by atoms with van der Waals surface area (Å²) < 4.78 is 26.6. The summed E-state index contributed by atoms with van der Waals surface area (Å²) in [4.78, 5) is 0. The molecule has 0 aromatic heterocycles. The van der Waals surface area contributed by atoms with Gasteiger partial charge in [0.05, 0.1) is 13.2 Å². The number of rotatable bonds is 15. The quantitative estimate of drug-likeness (QED) is 0.0444. The molecule has 0 saturated carbocycles. The molecule has 0 amide bonds. The maximum absolute atomic E-state index is 6.49. The van der Waals surface area contributed by atoms with Gasteiger partial charge in [-0.1, -0.05) is 188 Å². The van der Waals surface area contributed by atoms with Crippen molar-refractivity contribution < 1.29 is 22.8 Å². The molecule has 0 N–H and O–H groups in total. The summed E-state index contributed by atoms with van der Waals surface area (Å²) in [7, 11) is 0.713. The lowest BCUT2D eigenvalue weighted by molar-refractivity contribution is 0.128. The van der Waals surface area contributed by atoms with Gasteiger partial charge >= 0.3 is 6.69 Å². The standard InChI is InChI=1S/C14H16OSi.C12H10Cl2Si.C9H14OSi.C7H8Cl2Si.C6H12Cl2O2Si.C4H12OSi.C3H6Cl2Si.C2H6Cl2Si/c1-15-16(2,13-9-5-3-6-10-13)14-11-7-4-8-12-14;13-15(14,11-7-3-1-4-8-11)12-9-5-2-6-10-12;1-10-11(2,3)9-7-5-4-6-8-9;1-10(8,9)7-5-3-2-4-6-7;1-11(7,8)3-2-9-4-6-5-10-6;1-5-6(2,3)4;1-3-6(2,4)5;1-5(2,3)4/h3-12H,1-2H3;1-10H;4-8H,1-3H3;2-6H,1H3;6H,2-5H2,1H3;1-4H3;3H,1H2,2H3;1-2H3. The van der Waals surface area contributed by atoms with Crippen molar-refractivity contribution in [2.45, 2.75) is 84.2 Å². The molecule has 1 aliphatic heterocycles. The van der Waals surface area contributed by atoms with Gasteiger partial charge in [0.25, 0.3) is 28.4 Å². The first-order valence-corrected chi connectivity index (χ1v) is 57.3. The van der Waals surface area contributed by atoms with E-state index in [2.05, 4.69) is 119 Å². The fourth-order valence-corrected chi connectivity index (χ4v) is 15.0. The lowest BCUT2D eigenvalue weighted by Crippen LogP contribution is -2.57. The Morgan fingerprint density at radius 2 is 0.725 bits per heavy atom. The molecule has 6 aromatic carbocycles. The molecular weight excluding hydrogens is 1340 g/mol. The van der Waals surface area contributed by atoms with Gasteiger partial charge < -0.3 is 22.8 Å². The molecule has 1 heterocycles. The molecule has 0 bridgehead atoms. The third kappa shape index (κ3) is 40.0. The van der Waals surface area contributed by atoms with Gasteiger partial charge in [0.1, 0.15) is 6.10 Å². The van der Waals surface area contributed by atoms with Crippen molar-refractivity contribution in [3.8, 4) is 0 Å². The summed E-state index contributed by atoms with van der Waals surface area (Å²) in [6.45, 7) is 17.9. The van der Waals surface area contributed by atoms with E-state index in [0.29, 0.717) is 19.3 Å². The second kappa shape index (κ2) is 40.0. The number of benzene rings is 6. The summed E-state index contributed by atoms with van der Waals surface area (Å²) >= 11 is 58.5. The van der Waals surface area contributed by atoms with Crippen LogP contribution in [-0.2, 0) is 22.8 Å². The minimum atomic E-state index is -2.51. The average molecular weight is 1430 g/mol. The van der Waals surface area contributed by atoms with Crippen LogP contribution in [0.2, 0.25) is 78.1 Å². The number of epoxide rings is 1. The highest BCUT2D eigenvalue weighted by molar-refractivity contribution is 7.56. The molecule has 1 aliphatic rings. The second-order valence-electron chi connectivity index (χ2n) is 20.3. The van der Waals surface area contributed by atoms with E-state index in [-0.39, 0.29) is 0 Å². The van der Waals surface area contributed by atoms with E-state index in [1.165, 1.54) is 15.6 Å². The van der Waals surface area contributed by atoms with Crippen LogP contribution in [0.4, 0.5) is 0 Å². The highest BCUT2D eigenvalue weighted by Gasteiger charge is 2.34. The van der Waals surface area contributed by atoms with E-state index in [0.717, 1.165) is 28.2 Å². The maximum Gasteiger partial charge on any atom is 0.310 e. The Morgan fingerprint density at radius 1 is 0.450 bits per heavy atom. The van der Waals surface area contributed by atoms with Gasteiger partial charge in [0.15, 0.2) is 8.32 Å². The van der Waals surface area contributed by atoms with Crippen LogP contribution in [0.3, 0.4) is 0 Å². The van der Waals surface area contributed by atoms with E-state index < -0.39 is 58.4 Å². The van der Waals surface area contributed by atoms with Gasteiger partial charge in [-0.05, 0) is 109 Å². The largest absolute Gasteiger partial charge is 0.421 e. The third-order valence-electron chi connectivity index (χ3n) is 11.0. The van der Waals surface area contributed by atoms with Gasteiger partial charge in [-0.25, -0.2) is 0 Å². The normalized spacial score (nSPS) is 13.2. The van der Waals surface area contributed by atoms with E-state index in [9.17, 15) is 0 Å². The zero-order chi connectivity index (χ0) is 61.3. The first-order valence-electron chi connectivity index (χ1n) is 25.7. The highest BCUT2D eigenvalue weighted by Crippen LogP contribution is 2.20. The van der Waals surface area contributed by atoms with Crippen LogP contribution in [0, 0.1) is 0 Å². The van der Waals surface area contributed by atoms with Crippen LogP contribution in [0.1, 0.15) is 0 Å². The topological polar surface area (TPSA) is 49.5 Å². The summed E-state index contributed by atoms with van der Waals surface area (Å²) in [6, 6.07) is 61.7. The molecular formula is C57H84Cl10O5Si8. The number of ether oxygens (including phenoxy) is 2. The van der Waals surface area contributed by atoms with Gasteiger partial charge in [0.2, 0.25) is 15.0 Å². The van der Waals surface area contributed by atoms with Crippen LogP contribution in [-0.4, -0.2) is 106 Å². The lowest BCUT2D eigenvalue weighted by Gasteiger charge is -2.26. The second-order valence-corrected chi connectivity index (χ2v) is 71.0. The van der Waals surface area contributed by atoms with Crippen LogP contribution in [0.5, 0.6) is 0 Å². The minimum Gasteiger partial charge on any atom is -0.421 e. The first-order chi connectivity index (χ1) is 37.0. The zero-order valence-electron chi connectivity index (χ0n) is 48.8. The molecule has 5 nitrogen and oxygen atoms in total. The third-order valence-corrected chi connectivity index (χ3v) is 29.9. The van der Waals surface area contributed by atoms with E-state index in [1.807, 2.05) is 142 Å². The SMILES string of the molecule is C=C[Si](C)(Cl)Cl.CO[Si](C)(C)C.CO[Si](C)(C)c1ccccc1.CO[Si](C)(c1ccccc1)c1ccccc1.C[Si](C)(Cl)Cl.C[Si](Cl)(Cl)CCOCC1CO1.C[Si](Cl)(Cl)c1ccccc1.Cl[Si](Cl)(c1ccccc1)c1ccccc1. The lowest BCUT2D eigenvalue weighted by atomic mass is 10.4. The van der Waals surface area contributed by atoms with Gasteiger partial charge in [-0.15, -0.1) is 117 Å². The Kier molecular flexibility index (Phi) is 39.8. The Bertz CT molecular complexity index is 2400. The summed E-state index contributed by atoms with van der Waals surface area (Å²) in [6.07, 6.45) is 0.341. The van der Waals surface area contributed by atoms with Crippen molar-refractivity contribution in [3.63, 3.8) is 0 Å². The molecule has 1 unspecified atom stereocenters. The van der Waals surface area contributed by atoms with Crippen molar-refractivity contribution in [1.82, 2.24) is 0 Å². The van der Waals surface area contributed by atoms with Crippen molar-refractivity contribution in [1.29, 1.82) is 0 Å². The van der Waals surface area contributed by atoms with E-state index >= 15 is 0 Å². The highest BCUT2D eigenvalue weighted by atomic mass is 35.7. The van der Waals surface area contributed by atoms with E-state index in [1.54, 1.807) is 26.5 Å². The Hall–Kier alpha value is -0.505.